The first-order chi connectivity index (χ1) is 23.6. The molecule has 254 valence electrons. The van der Waals surface area contributed by atoms with Crippen LogP contribution in [-0.2, 0) is 45.9 Å². The molecule has 1 fully saturated rings. The van der Waals surface area contributed by atoms with Gasteiger partial charge in [0.15, 0.2) is 5.60 Å². The summed E-state index contributed by atoms with van der Waals surface area (Å²) in [4.78, 5) is 32.7. The molecule has 4 atom stereocenters. The molecule has 0 unspecified atom stereocenters. The van der Waals surface area contributed by atoms with Crippen LogP contribution < -0.4 is 10.2 Å². The lowest BCUT2D eigenvalue weighted by Gasteiger charge is -2.31. The fraction of sp³-hybridized carbons (Fsp3) is 0.351. The standard InChI is InChI=1S/C37H41FN6O4Si/c1-24-35(49(2,3)38)33(15-17-43-23-28(16-18-45)41-42-43)48-37(24)30-12-5-7-14-32(30)44(36(37)47)22-25-9-8-10-27(19-25)40-34(46)20-26-21-39-31-13-6-4-11-29(26)31/h4-14,19,21,23-24,33,35,39,45H,15-18,20,22H2,1-3H3,(H,40,46)/t24-,33+,35-,37+/m1/s1. The fourth-order valence-corrected chi connectivity index (χ4v) is 10.5. The lowest BCUT2D eigenvalue weighted by Crippen LogP contribution is -2.45. The number of rotatable bonds is 11. The Labute approximate surface area is 285 Å². The van der Waals surface area contributed by atoms with Gasteiger partial charge in [-0.1, -0.05) is 60.7 Å². The molecule has 2 aliphatic heterocycles. The quantitative estimate of drug-likeness (QED) is 0.118. The van der Waals surface area contributed by atoms with Crippen LogP contribution >= 0.6 is 0 Å². The average molecular weight is 681 g/mol. The Morgan fingerprint density at radius 1 is 1.12 bits per heavy atom. The Hall–Kier alpha value is -4.65. The molecule has 49 heavy (non-hydrogen) atoms. The molecule has 0 saturated carbocycles. The number of halogens is 1. The van der Waals surface area contributed by atoms with Crippen LogP contribution in [0.4, 0.5) is 15.5 Å². The Morgan fingerprint density at radius 3 is 2.73 bits per heavy atom. The molecule has 0 radical (unpaired) electrons. The van der Waals surface area contributed by atoms with Gasteiger partial charge in [0.25, 0.3) is 5.91 Å². The van der Waals surface area contributed by atoms with Crippen LogP contribution in [0.1, 0.15) is 35.7 Å². The molecule has 0 bridgehead atoms. The first-order valence-electron chi connectivity index (χ1n) is 16.8. The zero-order valence-corrected chi connectivity index (χ0v) is 28.9. The number of aromatic nitrogens is 4. The summed E-state index contributed by atoms with van der Waals surface area (Å²) < 4.78 is 24.7. The highest BCUT2D eigenvalue weighted by molar-refractivity contribution is 6.72. The minimum atomic E-state index is -3.32. The first kappa shape index (κ1) is 32.9. The van der Waals surface area contributed by atoms with Crippen LogP contribution in [0.3, 0.4) is 0 Å². The van der Waals surface area contributed by atoms with Gasteiger partial charge in [-0.25, -0.2) is 0 Å². The molecule has 2 aliphatic rings. The maximum atomic E-state index is 16.2. The zero-order valence-electron chi connectivity index (χ0n) is 27.9. The van der Waals surface area contributed by atoms with Crippen molar-refractivity contribution in [1.29, 1.82) is 0 Å². The summed E-state index contributed by atoms with van der Waals surface area (Å²) >= 11 is 0. The summed E-state index contributed by atoms with van der Waals surface area (Å²) in [6.07, 6.45) is 4.25. The molecular weight excluding hydrogens is 640 g/mol. The van der Waals surface area contributed by atoms with Crippen molar-refractivity contribution in [3.8, 4) is 0 Å². The molecular formula is C37H41FN6O4Si. The molecule has 5 aromatic rings. The Bertz CT molecular complexity index is 2010. The van der Waals surface area contributed by atoms with Gasteiger partial charge in [0, 0.05) is 65.6 Å². The van der Waals surface area contributed by atoms with Gasteiger partial charge >= 0.3 is 0 Å². The number of carbonyl (C=O) groups excluding carboxylic acids is 2. The van der Waals surface area contributed by atoms with E-state index < -0.39 is 31.6 Å². The van der Waals surface area contributed by atoms with Crippen LogP contribution in [0.5, 0.6) is 0 Å². The number of amides is 2. The number of hydrogen-bond acceptors (Lipinski definition) is 6. The monoisotopic (exact) mass is 680 g/mol. The van der Waals surface area contributed by atoms with Crippen LogP contribution in [0, 0.1) is 5.92 Å². The van der Waals surface area contributed by atoms with E-state index in [4.69, 9.17) is 4.74 Å². The van der Waals surface area contributed by atoms with Crippen molar-refractivity contribution in [1.82, 2.24) is 20.0 Å². The van der Waals surface area contributed by atoms with Crippen LogP contribution in [-0.4, -0.2) is 58.0 Å². The number of benzene rings is 3. The van der Waals surface area contributed by atoms with E-state index in [9.17, 15) is 14.7 Å². The van der Waals surface area contributed by atoms with Crippen LogP contribution in [0.25, 0.3) is 10.9 Å². The number of nitrogens with one attached hydrogen (secondary N) is 2. The second-order valence-corrected chi connectivity index (χ2v) is 17.5. The van der Waals surface area contributed by atoms with Gasteiger partial charge in [-0.2, -0.15) is 0 Å². The summed E-state index contributed by atoms with van der Waals surface area (Å²) in [5.74, 6) is -0.743. The maximum Gasteiger partial charge on any atom is 0.264 e. The number of aliphatic hydroxyl groups is 1. The summed E-state index contributed by atoms with van der Waals surface area (Å²) in [7, 11) is -3.32. The Morgan fingerprint density at radius 2 is 1.92 bits per heavy atom. The molecule has 1 saturated heterocycles. The lowest BCUT2D eigenvalue weighted by molar-refractivity contribution is -0.146. The van der Waals surface area contributed by atoms with E-state index in [-0.39, 0.29) is 31.4 Å². The predicted molar refractivity (Wildman–Crippen MR) is 188 cm³/mol. The zero-order chi connectivity index (χ0) is 34.3. The van der Waals surface area contributed by atoms with Crippen molar-refractivity contribution in [3.05, 3.63) is 108 Å². The van der Waals surface area contributed by atoms with E-state index in [0.29, 0.717) is 30.8 Å². The number of anilines is 2. The van der Waals surface area contributed by atoms with Crippen molar-refractivity contribution in [2.75, 3.05) is 16.8 Å². The van der Waals surface area contributed by atoms with E-state index in [1.165, 1.54) is 0 Å². The predicted octanol–water partition coefficient (Wildman–Crippen LogP) is 5.89. The number of H-pyrrole nitrogens is 1. The van der Waals surface area contributed by atoms with Crippen molar-refractivity contribution in [2.45, 2.75) is 69.6 Å². The van der Waals surface area contributed by atoms with Crippen molar-refractivity contribution >= 4 is 42.5 Å². The molecule has 3 N–H and O–H groups in total. The van der Waals surface area contributed by atoms with Gasteiger partial charge in [0.1, 0.15) is 0 Å². The molecule has 7 rings (SSSR count). The van der Waals surface area contributed by atoms with Crippen LogP contribution in [0.2, 0.25) is 18.6 Å². The third-order valence-corrected chi connectivity index (χ3v) is 12.5. The third kappa shape index (κ3) is 6.09. The fourth-order valence-electron chi connectivity index (χ4n) is 7.95. The largest absolute Gasteiger partial charge is 0.396 e. The van der Waals surface area contributed by atoms with E-state index in [1.54, 1.807) is 28.9 Å². The van der Waals surface area contributed by atoms with Crippen LogP contribution in [0.15, 0.2) is 85.2 Å². The number of aromatic amines is 1. The number of aliphatic hydroxyl groups excluding tert-OH is 1. The SMILES string of the molecule is C[C@@H]1[C@@H]([Si](C)(C)F)[C@H](CCn2cc(CCO)nn2)O[C@@]12C(=O)N(Cc1cccc(NC(=O)Cc3c[nH]c4ccccc34)c1)c1ccccc12. The third-order valence-electron chi connectivity index (χ3n) is 10.0. The number of carbonyl (C=O) groups is 2. The van der Waals surface area contributed by atoms with Crippen molar-refractivity contribution in [2.24, 2.45) is 5.92 Å². The second-order valence-electron chi connectivity index (χ2n) is 13.7. The number of para-hydroxylation sites is 2. The highest BCUT2D eigenvalue weighted by Crippen LogP contribution is 2.60. The van der Waals surface area contributed by atoms with E-state index in [2.05, 4.69) is 20.6 Å². The topological polar surface area (TPSA) is 125 Å². The van der Waals surface area contributed by atoms with E-state index in [0.717, 1.165) is 33.3 Å². The number of ether oxygens (including phenoxy) is 1. The van der Waals surface area contributed by atoms with Crippen molar-refractivity contribution in [3.63, 3.8) is 0 Å². The number of aryl methyl sites for hydroxylation is 1. The summed E-state index contributed by atoms with van der Waals surface area (Å²) in [5, 5.41) is 21.6. The number of nitrogens with zero attached hydrogens (tertiary/aromatic N) is 4. The average Bonchev–Trinajstić information content (AvgIpc) is 3.82. The minimum Gasteiger partial charge on any atom is -0.396 e. The second kappa shape index (κ2) is 13.0. The van der Waals surface area contributed by atoms with E-state index >= 15 is 4.11 Å². The summed E-state index contributed by atoms with van der Waals surface area (Å²) in [6.45, 7) is 6.04. The van der Waals surface area contributed by atoms with E-state index in [1.807, 2.05) is 85.9 Å². The normalized spacial score (nSPS) is 21.9. The molecule has 2 amide bonds. The molecule has 3 aromatic carbocycles. The molecule has 10 nitrogen and oxygen atoms in total. The summed E-state index contributed by atoms with van der Waals surface area (Å²) in [5.41, 5.74) is 3.82. The van der Waals surface area contributed by atoms with Gasteiger partial charge in [-0.05, 0) is 54.9 Å². The Kier molecular flexibility index (Phi) is 8.72. The molecule has 4 heterocycles. The maximum absolute atomic E-state index is 16.2. The molecule has 1 spiro atoms. The molecule has 12 heteroatoms. The van der Waals surface area contributed by atoms with Crippen molar-refractivity contribution < 1.29 is 23.5 Å². The smallest absolute Gasteiger partial charge is 0.264 e. The Balaban J connectivity index is 1.11. The van der Waals surface area contributed by atoms with Gasteiger partial charge in [0.2, 0.25) is 14.3 Å². The number of hydrogen-bond donors (Lipinski definition) is 3. The molecule has 0 aliphatic carbocycles. The van der Waals surface area contributed by atoms with Gasteiger partial charge in [-0.3, -0.25) is 14.3 Å². The highest BCUT2D eigenvalue weighted by atomic mass is 28.4. The minimum absolute atomic E-state index is 0.0169. The molecule has 2 aromatic heterocycles. The van der Waals surface area contributed by atoms with Gasteiger partial charge in [-0.15, -0.1) is 5.10 Å². The summed E-state index contributed by atoms with van der Waals surface area (Å²) in [6, 6.07) is 23.1. The van der Waals surface area contributed by atoms with Gasteiger partial charge in [0.05, 0.1) is 30.5 Å². The lowest BCUT2D eigenvalue weighted by atomic mass is 9.82. The number of fused-ring (bicyclic) bond motifs is 3. The van der Waals surface area contributed by atoms with Gasteiger partial charge < -0.3 is 29.2 Å². The first-order valence-corrected chi connectivity index (χ1v) is 19.8. The highest BCUT2D eigenvalue weighted by Gasteiger charge is 2.66.